The number of anilines is 1. The number of quaternary nitrogens is 1. The monoisotopic (exact) mass is 381 g/mol. The SMILES string of the molecule is CCc1cc2c(C)cc(=O)oc2c(C[NH+]2CCN(c3cccc[nH+]3)CC2)c1O. The molecule has 6 heteroatoms. The number of phenolic OH excluding ortho intramolecular Hbond substituents is 1. The zero-order chi connectivity index (χ0) is 19.7. The molecule has 0 radical (unpaired) electrons. The smallest absolute Gasteiger partial charge is 0.336 e. The lowest BCUT2D eigenvalue weighted by molar-refractivity contribution is -0.914. The van der Waals surface area contributed by atoms with Crippen molar-refractivity contribution >= 4 is 16.8 Å². The van der Waals surface area contributed by atoms with Crippen LogP contribution in [-0.4, -0.2) is 31.3 Å². The summed E-state index contributed by atoms with van der Waals surface area (Å²) in [6.45, 7) is 8.37. The molecular formula is C22H27N3O3+2. The predicted molar refractivity (Wildman–Crippen MR) is 108 cm³/mol. The summed E-state index contributed by atoms with van der Waals surface area (Å²) in [5.74, 6) is 1.40. The van der Waals surface area contributed by atoms with Gasteiger partial charge in [-0.05, 0) is 36.6 Å². The minimum absolute atomic E-state index is 0.273. The molecule has 1 saturated heterocycles. The van der Waals surface area contributed by atoms with Gasteiger partial charge in [-0.3, -0.25) is 4.90 Å². The molecule has 3 heterocycles. The first-order chi connectivity index (χ1) is 13.6. The number of aryl methyl sites for hydroxylation is 2. The fourth-order valence-corrected chi connectivity index (χ4v) is 4.07. The highest BCUT2D eigenvalue weighted by atomic mass is 16.4. The van der Waals surface area contributed by atoms with Gasteiger partial charge < -0.3 is 14.4 Å². The number of pyridine rings is 1. The van der Waals surface area contributed by atoms with Crippen molar-refractivity contribution in [2.24, 2.45) is 0 Å². The maximum atomic E-state index is 11.9. The third-order valence-corrected chi connectivity index (χ3v) is 5.70. The molecule has 3 aromatic rings. The Hall–Kier alpha value is -2.86. The summed E-state index contributed by atoms with van der Waals surface area (Å²) in [6.07, 6.45) is 2.68. The first kappa shape index (κ1) is 18.5. The number of aromatic hydroxyl groups is 1. The van der Waals surface area contributed by atoms with Gasteiger partial charge in [-0.15, -0.1) is 0 Å². The number of aromatic amines is 1. The van der Waals surface area contributed by atoms with Gasteiger partial charge in [-0.2, -0.15) is 0 Å². The van der Waals surface area contributed by atoms with E-state index >= 15 is 0 Å². The lowest BCUT2D eigenvalue weighted by Crippen LogP contribution is -3.13. The number of aromatic nitrogens is 1. The van der Waals surface area contributed by atoms with Crippen molar-refractivity contribution in [3.8, 4) is 5.75 Å². The van der Waals surface area contributed by atoms with Crippen molar-refractivity contribution in [1.82, 2.24) is 0 Å². The molecule has 3 N–H and O–H groups in total. The Bertz CT molecular complexity index is 1040. The van der Waals surface area contributed by atoms with Crippen LogP contribution in [0.1, 0.15) is 23.6 Å². The van der Waals surface area contributed by atoms with E-state index in [1.807, 2.05) is 38.2 Å². The summed E-state index contributed by atoms with van der Waals surface area (Å²) >= 11 is 0. The van der Waals surface area contributed by atoms with E-state index in [4.69, 9.17) is 4.42 Å². The largest absolute Gasteiger partial charge is 0.507 e. The zero-order valence-electron chi connectivity index (χ0n) is 16.4. The van der Waals surface area contributed by atoms with Crippen LogP contribution < -0.4 is 20.4 Å². The first-order valence-corrected chi connectivity index (χ1v) is 9.90. The Morgan fingerprint density at radius 3 is 2.71 bits per heavy atom. The first-order valence-electron chi connectivity index (χ1n) is 9.90. The van der Waals surface area contributed by atoms with Crippen molar-refractivity contribution in [1.29, 1.82) is 0 Å². The molecule has 0 bridgehead atoms. The van der Waals surface area contributed by atoms with Gasteiger partial charge in [0.2, 0.25) is 0 Å². The van der Waals surface area contributed by atoms with Gasteiger partial charge in [0.25, 0.3) is 5.82 Å². The van der Waals surface area contributed by atoms with Crippen LogP contribution >= 0.6 is 0 Å². The molecule has 146 valence electrons. The summed E-state index contributed by atoms with van der Waals surface area (Å²) in [5, 5.41) is 11.8. The van der Waals surface area contributed by atoms with Crippen molar-refractivity contribution in [2.75, 3.05) is 31.1 Å². The van der Waals surface area contributed by atoms with E-state index in [0.29, 0.717) is 12.1 Å². The second kappa shape index (κ2) is 7.64. The molecule has 0 amide bonds. The van der Waals surface area contributed by atoms with Gasteiger partial charge in [0.1, 0.15) is 38.5 Å². The molecule has 0 saturated carbocycles. The number of hydrogen-bond donors (Lipinski definition) is 2. The number of nitrogens with zero attached hydrogens (tertiary/aromatic N) is 1. The fraction of sp³-hybridized carbons (Fsp3) is 0.364. The van der Waals surface area contributed by atoms with E-state index < -0.39 is 0 Å². The molecule has 0 spiro atoms. The number of piperazine rings is 1. The Morgan fingerprint density at radius 1 is 1.25 bits per heavy atom. The minimum atomic E-state index is -0.366. The number of hydrogen-bond acceptors (Lipinski definition) is 4. The van der Waals surface area contributed by atoms with E-state index in [1.54, 1.807) is 0 Å². The molecule has 0 unspecified atom stereocenters. The molecule has 6 nitrogen and oxygen atoms in total. The van der Waals surface area contributed by atoms with Gasteiger partial charge >= 0.3 is 5.63 Å². The van der Waals surface area contributed by atoms with Crippen LogP contribution in [0.2, 0.25) is 0 Å². The molecule has 28 heavy (non-hydrogen) atoms. The lowest BCUT2D eigenvalue weighted by Gasteiger charge is -2.28. The van der Waals surface area contributed by atoms with E-state index in [9.17, 15) is 9.90 Å². The zero-order valence-corrected chi connectivity index (χ0v) is 16.4. The Morgan fingerprint density at radius 2 is 2.04 bits per heavy atom. The number of fused-ring (bicyclic) bond motifs is 1. The fourth-order valence-electron chi connectivity index (χ4n) is 4.07. The maximum Gasteiger partial charge on any atom is 0.336 e. The third-order valence-electron chi connectivity index (χ3n) is 5.70. The van der Waals surface area contributed by atoms with Crippen LogP contribution in [0.25, 0.3) is 11.0 Å². The topological polar surface area (TPSA) is 72.3 Å². The second-order valence-corrected chi connectivity index (χ2v) is 7.50. The normalized spacial score (nSPS) is 15.3. The van der Waals surface area contributed by atoms with Crippen molar-refractivity contribution in [3.05, 3.63) is 63.6 Å². The van der Waals surface area contributed by atoms with E-state index in [2.05, 4.69) is 16.0 Å². The molecule has 1 fully saturated rings. The summed E-state index contributed by atoms with van der Waals surface area (Å²) in [4.78, 5) is 19.0. The highest BCUT2D eigenvalue weighted by Gasteiger charge is 2.28. The highest BCUT2D eigenvalue weighted by Crippen LogP contribution is 2.32. The summed E-state index contributed by atoms with van der Waals surface area (Å²) in [6, 6.07) is 9.58. The van der Waals surface area contributed by atoms with Gasteiger partial charge in [-0.1, -0.05) is 13.0 Å². The van der Waals surface area contributed by atoms with Crippen LogP contribution in [0.5, 0.6) is 5.75 Å². The van der Waals surface area contributed by atoms with Gasteiger partial charge in [0.15, 0.2) is 5.58 Å². The molecule has 4 rings (SSSR count). The number of benzene rings is 1. The van der Waals surface area contributed by atoms with E-state index in [1.165, 1.54) is 11.0 Å². The van der Waals surface area contributed by atoms with Gasteiger partial charge in [0, 0.05) is 17.5 Å². The van der Waals surface area contributed by atoms with Gasteiger partial charge in [0.05, 0.1) is 11.8 Å². The quantitative estimate of drug-likeness (QED) is 0.664. The Labute approximate surface area is 164 Å². The van der Waals surface area contributed by atoms with Crippen LogP contribution in [0, 0.1) is 6.92 Å². The van der Waals surface area contributed by atoms with E-state index in [-0.39, 0.29) is 11.4 Å². The second-order valence-electron chi connectivity index (χ2n) is 7.50. The molecule has 1 aliphatic rings. The van der Waals surface area contributed by atoms with Crippen LogP contribution in [0.3, 0.4) is 0 Å². The molecule has 2 aromatic heterocycles. The van der Waals surface area contributed by atoms with Crippen molar-refractivity contribution < 1.29 is 19.4 Å². The van der Waals surface area contributed by atoms with Crippen LogP contribution in [-0.2, 0) is 13.0 Å². The summed E-state index contributed by atoms with van der Waals surface area (Å²) < 4.78 is 5.54. The molecular weight excluding hydrogens is 354 g/mol. The molecule has 1 aromatic carbocycles. The van der Waals surface area contributed by atoms with Gasteiger partial charge in [-0.25, -0.2) is 9.78 Å². The minimum Gasteiger partial charge on any atom is -0.507 e. The number of H-pyrrole nitrogens is 1. The predicted octanol–water partition coefficient (Wildman–Crippen LogP) is 1.09. The number of nitrogens with one attached hydrogen (secondary N) is 2. The van der Waals surface area contributed by atoms with Crippen molar-refractivity contribution in [2.45, 2.75) is 26.8 Å². The number of phenols is 1. The Kier molecular flexibility index (Phi) is 5.05. The maximum absolute atomic E-state index is 11.9. The summed E-state index contributed by atoms with van der Waals surface area (Å²) in [7, 11) is 0. The van der Waals surface area contributed by atoms with E-state index in [0.717, 1.165) is 60.5 Å². The standard InChI is InChI=1S/C22H25N3O3/c1-3-16-13-17-15(2)12-20(26)28-22(17)18(21(16)27)14-24-8-10-25(11-9-24)19-6-4-5-7-23-19/h4-7,12-13,27H,3,8-11,14H2,1-2H3/p+2. The van der Waals surface area contributed by atoms with Crippen LogP contribution in [0.15, 0.2) is 45.7 Å². The molecule has 1 aliphatic heterocycles. The lowest BCUT2D eigenvalue weighted by atomic mass is 9.99. The highest BCUT2D eigenvalue weighted by molar-refractivity contribution is 5.86. The third kappa shape index (κ3) is 3.47. The van der Waals surface area contributed by atoms with Crippen molar-refractivity contribution in [3.63, 3.8) is 0 Å². The molecule has 0 aliphatic carbocycles. The average Bonchev–Trinajstić information content (AvgIpc) is 2.71. The Balaban J connectivity index is 1.61. The van der Waals surface area contributed by atoms with Crippen LogP contribution in [0.4, 0.5) is 5.82 Å². The summed E-state index contributed by atoms with van der Waals surface area (Å²) in [5.41, 5.74) is 2.71. The molecule has 0 atom stereocenters. The average molecular weight is 381 g/mol. The number of rotatable bonds is 4.